The predicted molar refractivity (Wildman–Crippen MR) is 110 cm³/mol. The summed E-state index contributed by atoms with van der Waals surface area (Å²) in [6.45, 7) is 5.66. The molecule has 0 unspecified atom stereocenters. The number of hydrogen-bond donors (Lipinski definition) is 2. The van der Waals surface area contributed by atoms with Gasteiger partial charge in [-0.25, -0.2) is 0 Å². The Labute approximate surface area is 177 Å². The highest BCUT2D eigenvalue weighted by atomic mass is 16.6. The summed E-state index contributed by atoms with van der Waals surface area (Å²) in [4.78, 5) is 23.9. The van der Waals surface area contributed by atoms with Crippen LogP contribution in [0.25, 0.3) is 0 Å². The minimum Gasteiger partial charge on any atom is -0.508 e. The summed E-state index contributed by atoms with van der Waals surface area (Å²) in [6, 6.07) is 5.52. The number of ether oxygens (including phenoxy) is 2. The Hall–Kier alpha value is -2.08. The second kappa shape index (κ2) is 7.88. The Balaban J connectivity index is 1.68. The van der Waals surface area contributed by atoms with Crippen LogP contribution in [-0.2, 0) is 19.1 Å². The molecule has 0 spiro atoms. The molecule has 1 aromatic rings. The zero-order chi connectivity index (χ0) is 21.6. The molecular weight excluding hydrogens is 384 g/mol. The molecule has 0 amide bonds. The molecule has 0 saturated heterocycles. The van der Waals surface area contributed by atoms with Gasteiger partial charge in [0.15, 0.2) is 0 Å². The van der Waals surface area contributed by atoms with Gasteiger partial charge in [-0.3, -0.25) is 9.59 Å². The summed E-state index contributed by atoms with van der Waals surface area (Å²) in [6.07, 6.45) is 2.40. The molecule has 1 aromatic carbocycles. The number of esters is 2. The number of hydrogen-bond acceptors (Lipinski definition) is 6. The van der Waals surface area contributed by atoms with E-state index in [0.29, 0.717) is 18.9 Å². The number of phenols is 1. The van der Waals surface area contributed by atoms with Crippen LogP contribution in [0.1, 0.15) is 75.8 Å². The van der Waals surface area contributed by atoms with E-state index >= 15 is 0 Å². The highest BCUT2D eigenvalue weighted by molar-refractivity contribution is 5.71. The van der Waals surface area contributed by atoms with Crippen LogP contribution in [0, 0.1) is 17.3 Å². The largest absolute Gasteiger partial charge is 0.508 e. The molecule has 2 N–H and O–H groups in total. The van der Waals surface area contributed by atoms with Gasteiger partial charge in [0, 0.05) is 12.3 Å². The fraction of sp³-hybridized carbons (Fsp3) is 0.667. The second-order valence-electron chi connectivity index (χ2n) is 9.50. The fourth-order valence-corrected chi connectivity index (χ4v) is 6.61. The molecule has 3 aliphatic rings. The molecule has 4 rings (SSSR count). The molecule has 0 radical (unpaired) electrons. The van der Waals surface area contributed by atoms with Crippen molar-refractivity contribution in [1.29, 1.82) is 0 Å². The van der Waals surface area contributed by atoms with Crippen LogP contribution < -0.4 is 0 Å². The number of aliphatic hydroxyl groups is 1. The number of benzene rings is 1. The van der Waals surface area contributed by atoms with Gasteiger partial charge in [-0.1, -0.05) is 13.0 Å². The zero-order valence-electron chi connectivity index (χ0n) is 18.0. The highest BCUT2D eigenvalue weighted by Gasteiger charge is 2.59. The molecule has 164 valence electrons. The van der Waals surface area contributed by atoms with Crippen LogP contribution in [0.5, 0.6) is 5.75 Å². The van der Waals surface area contributed by atoms with Gasteiger partial charge in [0.05, 0.1) is 19.1 Å². The van der Waals surface area contributed by atoms with Crippen molar-refractivity contribution < 1.29 is 29.3 Å². The van der Waals surface area contributed by atoms with Crippen LogP contribution in [0.15, 0.2) is 18.2 Å². The molecule has 0 aromatic heterocycles. The smallest absolute Gasteiger partial charge is 0.306 e. The van der Waals surface area contributed by atoms with Gasteiger partial charge >= 0.3 is 11.9 Å². The Bertz CT molecular complexity index is 835. The first kappa shape index (κ1) is 21.2. The molecule has 3 aliphatic carbocycles. The van der Waals surface area contributed by atoms with Crippen molar-refractivity contribution in [3.8, 4) is 5.75 Å². The van der Waals surface area contributed by atoms with Crippen LogP contribution in [0.4, 0.5) is 0 Å². The quantitative estimate of drug-likeness (QED) is 0.728. The third-order valence-electron chi connectivity index (χ3n) is 7.89. The van der Waals surface area contributed by atoms with Gasteiger partial charge < -0.3 is 19.7 Å². The van der Waals surface area contributed by atoms with E-state index in [9.17, 15) is 19.8 Å². The van der Waals surface area contributed by atoms with E-state index in [2.05, 4.69) is 6.92 Å². The summed E-state index contributed by atoms with van der Waals surface area (Å²) < 4.78 is 10.7. The Morgan fingerprint density at radius 3 is 2.70 bits per heavy atom. The second-order valence-corrected chi connectivity index (χ2v) is 9.50. The van der Waals surface area contributed by atoms with Gasteiger partial charge in [0.25, 0.3) is 0 Å². The maximum absolute atomic E-state index is 12.3. The number of aliphatic hydroxyl groups excluding tert-OH is 1. The van der Waals surface area contributed by atoms with Crippen LogP contribution in [-0.4, -0.2) is 41.0 Å². The third-order valence-corrected chi connectivity index (χ3v) is 7.89. The van der Waals surface area contributed by atoms with Crippen molar-refractivity contribution in [3.05, 3.63) is 29.3 Å². The zero-order valence-corrected chi connectivity index (χ0v) is 18.0. The van der Waals surface area contributed by atoms with Gasteiger partial charge in [-0.2, -0.15) is 0 Å². The molecule has 7 atom stereocenters. The van der Waals surface area contributed by atoms with Gasteiger partial charge in [-0.05, 0) is 79.5 Å². The average Bonchev–Trinajstić information content (AvgIpc) is 2.93. The molecule has 30 heavy (non-hydrogen) atoms. The van der Waals surface area contributed by atoms with Gasteiger partial charge in [0.2, 0.25) is 0 Å². The molecule has 2 fully saturated rings. The first-order valence-corrected chi connectivity index (χ1v) is 11.1. The van der Waals surface area contributed by atoms with Crippen LogP contribution in [0.3, 0.4) is 0 Å². The van der Waals surface area contributed by atoms with E-state index in [0.717, 1.165) is 24.8 Å². The van der Waals surface area contributed by atoms with Crippen LogP contribution >= 0.6 is 0 Å². The van der Waals surface area contributed by atoms with Crippen molar-refractivity contribution in [2.75, 3.05) is 6.61 Å². The lowest BCUT2D eigenvalue weighted by Gasteiger charge is -2.51. The number of carbonyl (C=O) groups is 2. The van der Waals surface area contributed by atoms with Crippen molar-refractivity contribution >= 4 is 11.9 Å². The van der Waals surface area contributed by atoms with E-state index < -0.39 is 12.2 Å². The van der Waals surface area contributed by atoms with Crippen molar-refractivity contribution in [3.63, 3.8) is 0 Å². The topological polar surface area (TPSA) is 93.1 Å². The maximum atomic E-state index is 12.3. The minimum atomic E-state index is -0.669. The SMILES string of the molecule is CCOC(=O)C[C@@H]1C[C@@H]2[C@H](CC[C@]3(C)[C@@H](O)[C@H](OC(C)=O)C[C@@H]23)c2ccc(O)cc21. The number of carbonyl (C=O) groups excluding carboxylic acids is 2. The monoisotopic (exact) mass is 416 g/mol. The normalized spacial score (nSPS) is 36.9. The summed E-state index contributed by atoms with van der Waals surface area (Å²) in [5.41, 5.74) is 1.94. The standard InChI is InChI=1S/C24H32O6/c1-4-29-22(27)10-14-9-19-17(16-6-5-15(26)11-18(14)16)7-8-24(3)20(19)12-21(23(24)28)30-13(2)25/h5-6,11,14,17,19-21,23,26,28H,4,7-10,12H2,1-3H3/t14-,17+,19+,20-,21+,23-,24-/m0/s1. The Kier molecular flexibility index (Phi) is 5.56. The molecular formula is C24H32O6. The number of aromatic hydroxyl groups is 1. The first-order chi connectivity index (χ1) is 14.2. The number of rotatable bonds is 4. The van der Waals surface area contributed by atoms with E-state index in [1.54, 1.807) is 19.1 Å². The van der Waals surface area contributed by atoms with E-state index in [4.69, 9.17) is 9.47 Å². The summed E-state index contributed by atoms with van der Waals surface area (Å²) >= 11 is 0. The Morgan fingerprint density at radius 2 is 2.00 bits per heavy atom. The molecule has 0 bridgehead atoms. The van der Waals surface area contributed by atoms with Crippen molar-refractivity contribution in [2.24, 2.45) is 17.3 Å². The van der Waals surface area contributed by atoms with Crippen molar-refractivity contribution in [1.82, 2.24) is 0 Å². The van der Waals surface area contributed by atoms with Gasteiger partial charge in [0.1, 0.15) is 11.9 Å². The van der Waals surface area contributed by atoms with E-state index in [1.807, 2.05) is 6.07 Å². The van der Waals surface area contributed by atoms with Crippen LogP contribution in [0.2, 0.25) is 0 Å². The maximum Gasteiger partial charge on any atom is 0.306 e. The minimum absolute atomic E-state index is 0.0281. The molecule has 6 nitrogen and oxygen atoms in total. The fourth-order valence-electron chi connectivity index (χ4n) is 6.61. The number of fused-ring (bicyclic) bond motifs is 5. The molecule has 0 aliphatic heterocycles. The lowest BCUT2D eigenvalue weighted by Crippen LogP contribution is -2.45. The van der Waals surface area contributed by atoms with Crippen molar-refractivity contribution in [2.45, 2.75) is 76.9 Å². The first-order valence-electron chi connectivity index (χ1n) is 11.1. The Morgan fingerprint density at radius 1 is 1.23 bits per heavy atom. The van der Waals surface area contributed by atoms with E-state index in [-0.39, 0.29) is 47.3 Å². The molecule has 0 heterocycles. The average molecular weight is 417 g/mol. The highest BCUT2D eigenvalue weighted by Crippen LogP contribution is 2.63. The van der Waals surface area contributed by atoms with Gasteiger partial charge in [-0.15, -0.1) is 0 Å². The summed E-state index contributed by atoms with van der Waals surface area (Å²) in [5, 5.41) is 21.1. The molecule has 2 saturated carbocycles. The van der Waals surface area contributed by atoms with E-state index in [1.165, 1.54) is 12.5 Å². The summed E-state index contributed by atoms with van der Waals surface area (Å²) in [5.74, 6) is 0.422. The summed E-state index contributed by atoms with van der Waals surface area (Å²) in [7, 11) is 0. The lowest BCUT2D eigenvalue weighted by atomic mass is 9.53. The predicted octanol–water partition coefficient (Wildman–Crippen LogP) is 3.65. The lowest BCUT2D eigenvalue weighted by molar-refractivity contribution is -0.153. The number of phenolic OH excluding ortho intramolecular Hbond substituents is 1. The molecule has 6 heteroatoms. The third kappa shape index (κ3) is 3.49.